The second-order valence-electron chi connectivity index (χ2n) is 7.95. The Morgan fingerprint density at radius 3 is 1.80 bits per heavy atom. The van der Waals surface area contributed by atoms with E-state index in [1.807, 2.05) is 0 Å². The van der Waals surface area contributed by atoms with Gasteiger partial charge in [0.2, 0.25) is 0 Å². The van der Waals surface area contributed by atoms with E-state index in [4.69, 9.17) is 4.74 Å². The van der Waals surface area contributed by atoms with Crippen LogP contribution in [-0.4, -0.2) is 23.8 Å². The molecule has 3 nitrogen and oxygen atoms in total. The average molecular weight is 357 g/mol. The lowest BCUT2D eigenvalue weighted by Gasteiger charge is -2.10. The molecule has 1 N–H and O–H groups in total. The lowest BCUT2D eigenvalue weighted by molar-refractivity contribution is -0.144. The summed E-state index contributed by atoms with van der Waals surface area (Å²) < 4.78 is 5.17. The van der Waals surface area contributed by atoms with Gasteiger partial charge in [-0.05, 0) is 25.2 Å². The van der Waals surface area contributed by atoms with Crippen molar-refractivity contribution in [3.05, 3.63) is 0 Å². The maximum absolute atomic E-state index is 11.5. The molecule has 1 unspecified atom stereocenters. The summed E-state index contributed by atoms with van der Waals surface area (Å²) in [7, 11) is 0. The van der Waals surface area contributed by atoms with Gasteiger partial charge in [-0.25, -0.2) is 0 Å². The summed E-state index contributed by atoms with van der Waals surface area (Å²) in [6.45, 7) is 6.89. The highest BCUT2D eigenvalue weighted by Crippen LogP contribution is 2.14. The number of hydrogen-bond donors (Lipinski definition) is 1. The van der Waals surface area contributed by atoms with Gasteiger partial charge >= 0.3 is 5.97 Å². The Balaban J connectivity index is 3.25. The highest BCUT2D eigenvalue weighted by atomic mass is 16.5. The number of aliphatic hydroxyl groups excluding tert-OH is 1. The summed E-state index contributed by atoms with van der Waals surface area (Å²) in [4.78, 5) is 11.5. The molecule has 0 fully saturated rings. The first-order valence-corrected chi connectivity index (χ1v) is 10.9. The van der Waals surface area contributed by atoms with E-state index in [2.05, 4.69) is 20.8 Å². The number of hydrogen-bond acceptors (Lipinski definition) is 3. The van der Waals surface area contributed by atoms with Crippen LogP contribution in [0.2, 0.25) is 0 Å². The molecule has 0 aromatic heterocycles. The Morgan fingerprint density at radius 2 is 1.28 bits per heavy atom. The number of rotatable bonds is 18. The maximum atomic E-state index is 11.5. The minimum Gasteiger partial charge on any atom is -0.465 e. The minimum absolute atomic E-state index is 0.0495. The van der Waals surface area contributed by atoms with Crippen LogP contribution < -0.4 is 0 Å². The molecule has 0 aliphatic rings. The third-order valence-electron chi connectivity index (χ3n) is 4.64. The van der Waals surface area contributed by atoms with Gasteiger partial charge in [0.15, 0.2) is 0 Å². The van der Waals surface area contributed by atoms with Crippen LogP contribution in [0.15, 0.2) is 0 Å². The fraction of sp³-hybridized carbons (Fsp3) is 0.955. The summed E-state index contributed by atoms with van der Waals surface area (Å²) in [5.74, 6) is 0.367. The zero-order valence-electron chi connectivity index (χ0n) is 17.2. The molecule has 1 atom stereocenters. The number of carbonyl (C=O) groups excluding carboxylic acids is 1. The molecule has 0 amide bonds. The molecule has 25 heavy (non-hydrogen) atoms. The third-order valence-corrected chi connectivity index (χ3v) is 4.64. The summed E-state index contributed by atoms with van der Waals surface area (Å²) in [5, 5.41) is 9.99. The molecule has 0 rings (SSSR count). The predicted octanol–water partition coefficient (Wildman–Crippen LogP) is 6.42. The molecule has 0 radical (unpaired) electrons. The number of carbonyl (C=O) groups is 1. The summed E-state index contributed by atoms with van der Waals surface area (Å²) in [6.07, 6.45) is 16.9. The van der Waals surface area contributed by atoms with Crippen LogP contribution in [0.5, 0.6) is 0 Å². The topological polar surface area (TPSA) is 46.5 Å². The average Bonchev–Trinajstić information content (AvgIpc) is 2.58. The van der Waals surface area contributed by atoms with E-state index in [-0.39, 0.29) is 12.1 Å². The van der Waals surface area contributed by atoms with Crippen LogP contribution in [0.25, 0.3) is 0 Å². The van der Waals surface area contributed by atoms with Gasteiger partial charge in [0.1, 0.15) is 0 Å². The van der Waals surface area contributed by atoms with E-state index in [9.17, 15) is 9.90 Å². The second-order valence-corrected chi connectivity index (χ2v) is 7.95. The molecule has 0 saturated carbocycles. The quantitative estimate of drug-likeness (QED) is 0.228. The molecule has 0 aliphatic carbocycles. The molecule has 0 aromatic carbocycles. The van der Waals surface area contributed by atoms with Crippen molar-refractivity contribution in [1.82, 2.24) is 0 Å². The van der Waals surface area contributed by atoms with Crippen molar-refractivity contribution in [3.63, 3.8) is 0 Å². The Morgan fingerprint density at radius 1 is 0.800 bits per heavy atom. The molecule has 0 aliphatic heterocycles. The SMILES string of the molecule is CCCCCCCCC(O)CCCCCCCCC(=O)OCC(C)C. The Kier molecular flexibility index (Phi) is 17.8. The fourth-order valence-electron chi connectivity index (χ4n) is 2.99. The van der Waals surface area contributed by atoms with E-state index in [0.717, 1.165) is 32.1 Å². The molecule has 0 heterocycles. The van der Waals surface area contributed by atoms with Crippen molar-refractivity contribution >= 4 is 5.97 Å². The minimum atomic E-state index is -0.0955. The van der Waals surface area contributed by atoms with Gasteiger partial charge in [0, 0.05) is 6.42 Å². The van der Waals surface area contributed by atoms with Crippen LogP contribution in [0.4, 0.5) is 0 Å². The Bertz CT molecular complexity index is 289. The van der Waals surface area contributed by atoms with E-state index in [1.165, 1.54) is 57.8 Å². The second kappa shape index (κ2) is 18.2. The smallest absolute Gasteiger partial charge is 0.305 e. The first-order valence-electron chi connectivity index (χ1n) is 10.9. The third kappa shape index (κ3) is 19.6. The summed E-state index contributed by atoms with van der Waals surface area (Å²) >= 11 is 0. The van der Waals surface area contributed by atoms with Crippen molar-refractivity contribution in [2.75, 3.05) is 6.61 Å². The molecule has 0 bridgehead atoms. The van der Waals surface area contributed by atoms with Crippen LogP contribution in [-0.2, 0) is 9.53 Å². The van der Waals surface area contributed by atoms with Gasteiger partial charge in [-0.2, -0.15) is 0 Å². The molecule has 0 spiro atoms. The largest absolute Gasteiger partial charge is 0.465 e. The predicted molar refractivity (Wildman–Crippen MR) is 107 cm³/mol. The number of aliphatic hydroxyl groups is 1. The van der Waals surface area contributed by atoms with Gasteiger partial charge in [-0.15, -0.1) is 0 Å². The van der Waals surface area contributed by atoms with Crippen molar-refractivity contribution in [3.8, 4) is 0 Å². The zero-order chi connectivity index (χ0) is 18.8. The first-order chi connectivity index (χ1) is 12.1. The molecule has 150 valence electrons. The lowest BCUT2D eigenvalue weighted by atomic mass is 10.0. The van der Waals surface area contributed by atoms with Crippen LogP contribution in [0.3, 0.4) is 0 Å². The summed E-state index contributed by atoms with van der Waals surface area (Å²) in [5.41, 5.74) is 0. The number of esters is 1. The zero-order valence-corrected chi connectivity index (χ0v) is 17.2. The van der Waals surface area contributed by atoms with Gasteiger partial charge < -0.3 is 9.84 Å². The van der Waals surface area contributed by atoms with Gasteiger partial charge in [-0.3, -0.25) is 4.79 Å². The first kappa shape index (κ1) is 24.4. The van der Waals surface area contributed by atoms with E-state index >= 15 is 0 Å². The monoisotopic (exact) mass is 356 g/mol. The highest BCUT2D eigenvalue weighted by molar-refractivity contribution is 5.69. The number of unbranched alkanes of at least 4 members (excludes halogenated alkanes) is 10. The van der Waals surface area contributed by atoms with Crippen molar-refractivity contribution in [1.29, 1.82) is 0 Å². The lowest BCUT2D eigenvalue weighted by Crippen LogP contribution is -2.09. The van der Waals surface area contributed by atoms with Gasteiger partial charge in [-0.1, -0.05) is 91.4 Å². The molecule has 0 aromatic rings. The van der Waals surface area contributed by atoms with Crippen LogP contribution in [0, 0.1) is 5.92 Å². The van der Waals surface area contributed by atoms with E-state index in [0.29, 0.717) is 18.9 Å². The molecule has 0 saturated heterocycles. The Labute approximate surface area is 156 Å². The fourth-order valence-corrected chi connectivity index (χ4v) is 2.99. The van der Waals surface area contributed by atoms with Crippen LogP contribution in [0.1, 0.15) is 117 Å². The van der Waals surface area contributed by atoms with Gasteiger partial charge in [0.05, 0.1) is 12.7 Å². The van der Waals surface area contributed by atoms with Crippen molar-refractivity contribution in [2.24, 2.45) is 5.92 Å². The van der Waals surface area contributed by atoms with Crippen molar-refractivity contribution in [2.45, 2.75) is 123 Å². The van der Waals surface area contributed by atoms with Gasteiger partial charge in [0.25, 0.3) is 0 Å². The standard InChI is InChI=1S/C22H44O3/c1-4-5-6-7-10-13-16-21(23)17-14-11-8-9-12-15-18-22(24)25-19-20(2)3/h20-21,23H,4-19H2,1-3H3. The molecule has 3 heteroatoms. The van der Waals surface area contributed by atoms with E-state index < -0.39 is 0 Å². The number of ether oxygens (including phenoxy) is 1. The van der Waals surface area contributed by atoms with Crippen molar-refractivity contribution < 1.29 is 14.6 Å². The van der Waals surface area contributed by atoms with Crippen LogP contribution >= 0.6 is 0 Å². The molecular formula is C22H44O3. The summed E-state index contributed by atoms with van der Waals surface area (Å²) in [6, 6.07) is 0. The van der Waals surface area contributed by atoms with E-state index in [1.54, 1.807) is 0 Å². The Hall–Kier alpha value is -0.570. The molecular weight excluding hydrogens is 312 g/mol. The normalized spacial score (nSPS) is 12.5. The highest BCUT2D eigenvalue weighted by Gasteiger charge is 2.05. The maximum Gasteiger partial charge on any atom is 0.305 e.